The summed E-state index contributed by atoms with van der Waals surface area (Å²) in [5, 5.41) is 14.6. The lowest BCUT2D eigenvalue weighted by Crippen LogP contribution is -2.47. The second-order valence-electron chi connectivity index (χ2n) is 5.58. The Morgan fingerprint density at radius 3 is 2.27 bits per heavy atom. The third kappa shape index (κ3) is 4.28. The van der Waals surface area contributed by atoms with Crippen molar-refractivity contribution >= 4 is 23.5 Å². The van der Waals surface area contributed by atoms with E-state index in [0.29, 0.717) is 25.9 Å². The fraction of sp³-hybridized carbons (Fsp3) is 0.467. The number of nitrogens with one attached hydrogen (secondary N) is 2. The Bertz CT molecular complexity index is 522. The van der Waals surface area contributed by atoms with Crippen LogP contribution in [-0.4, -0.2) is 55.4 Å². The van der Waals surface area contributed by atoms with Crippen LogP contribution in [-0.2, 0) is 0 Å². The van der Waals surface area contributed by atoms with E-state index in [9.17, 15) is 9.59 Å². The molecule has 0 aromatic heterocycles. The molecule has 120 valence electrons. The molecule has 1 aromatic carbocycles. The van der Waals surface area contributed by atoms with Crippen molar-refractivity contribution in [1.29, 1.82) is 0 Å². The van der Waals surface area contributed by atoms with Crippen molar-refractivity contribution in [3.05, 3.63) is 24.3 Å². The average molecular weight is 306 g/mol. The van der Waals surface area contributed by atoms with Gasteiger partial charge in [0.2, 0.25) is 0 Å². The highest BCUT2D eigenvalue weighted by Gasteiger charge is 2.23. The maximum absolute atomic E-state index is 12.0. The fourth-order valence-corrected chi connectivity index (χ4v) is 2.41. The predicted octanol–water partition coefficient (Wildman–Crippen LogP) is 2.02. The lowest BCUT2D eigenvalue weighted by atomic mass is 10.1. The van der Waals surface area contributed by atoms with E-state index in [0.717, 1.165) is 11.4 Å². The van der Waals surface area contributed by atoms with Crippen molar-refractivity contribution < 1.29 is 14.7 Å². The number of benzene rings is 1. The molecule has 2 rings (SSSR count). The standard InChI is InChI=1S/C15H22N4O3/c1-18(2)13-5-3-11(4-6-13)16-14(20)17-12-7-9-19(10-8-12)15(21)22/h3-6,12H,7-10H2,1-2H3,(H,21,22)(H2,16,17,20). The van der Waals surface area contributed by atoms with Crippen molar-refractivity contribution in [2.45, 2.75) is 18.9 Å². The second kappa shape index (κ2) is 7.02. The Labute approximate surface area is 129 Å². The number of urea groups is 1. The molecule has 1 aromatic rings. The van der Waals surface area contributed by atoms with E-state index in [-0.39, 0.29) is 12.1 Å². The molecule has 0 atom stereocenters. The lowest BCUT2D eigenvalue weighted by Gasteiger charge is -2.30. The van der Waals surface area contributed by atoms with Crippen LogP contribution >= 0.6 is 0 Å². The third-order valence-electron chi connectivity index (χ3n) is 3.74. The van der Waals surface area contributed by atoms with E-state index in [1.807, 2.05) is 43.3 Å². The first kappa shape index (κ1) is 15.9. The summed E-state index contributed by atoms with van der Waals surface area (Å²) in [6, 6.07) is 7.31. The first-order valence-electron chi connectivity index (χ1n) is 7.28. The molecular formula is C15H22N4O3. The largest absolute Gasteiger partial charge is 0.465 e. The van der Waals surface area contributed by atoms with Gasteiger partial charge in [0, 0.05) is 44.6 Å². The van der Waals surface area contributed by atoms with Gasteiger partial charge in [0.05, 0.1) is 0 Å². The summed E-state index contributed by atoms with van der Waals surface area (Å²) < 4.78 is 0. The van der Waals surface area contributed by atoms with E-state index in [2.05, 4.69) is 10.6 Å². The van der Waals surface area contributed by atoms with E-state index in [4.69, 9.17) is 5.11 Å². The average Bonchev–Trinajstić information content (AvgIpc) is 2.48. The molecule has 1 heterocycles. The summed E-state index contributed by atoms with van der Waals surface area (Å²) in [6.07, 6.45) is 0.377. The van der Waals surface area contributed by atoms with E-state index < -0.39 is 6.09 Å². The minimum atomic E-state index is -0.899. The summed E-state index contributed by atoms with van der Waals surface area (Å²) in [7, 11) is 3.91. The number of carbonyl (C=O) groups is 2. The molecule has 0 aliphatic carbocycles. The maximum atomic E-state index is 12.0. The van der Waals surface area contributed by atoms with E-state index >= 15 is 0 Å². The zero-order valence-electron chi connectivity index (χ0n) is 12.9. The van der Waals surface area contributed by atoms with Crippen LogP contribution in [0.4, 0.5) is 21.0 Å². The number of likely N-dealkylation sites (tertiary alicyclic amines) is 1. The van der Waals surface area contributed by atoms with Gasteiger partial charge in [-0.25, -0.2) is 9.59 Å². The second-order valence-corrected chi connectivity index (χ2v) is 5.58. The molecule has 7 heteroatoms. The minimum Gasteiger partial charge on any atom is -0.465 e. The van der Waals surface area contributed by atoms with Crippen LogP contribution in [0.3, 0.4) is 0 Å². The number of rotatable bonds is 3. The molecule has 7 nitrogen and oxygen atoms in total. The van der Waals surface area contributed by atoms with Gasteiger partial charge >= 0.3 is 12.1 Å². The summed E-state index contributed by atoms with van der Waals surface area (Å²) in [4.78, 5) is 26.1. The molecule has 1 aliphatic heterocycles. The van der Waals surface area contributed by atoms with Crippen LogP contribution < -0.4 is 15.5 Å². The number of carbonyl (C=O) groups excluding carboxylic acids is 1. The van der Waals surface area contributed by atoms with Crippen molar-refractivity contribution in [1.82, 2.24) is 10.2 Å². The molecule has 0 saturated carbocycles. The number of nitrogens with zero attached hydrogens (tertiary/aromatic N) is 2. The van der Waals surface area contributed by atoms with Gasteiger partial charge in [-0.05, 0) is 37.1 Å². The number of piperidine rings is 1. The molecule has 3 amide bonds. The van der Waals surface area contributed by atoms with Crippen LogP contribution in [0.2, 0.25) is 0 Å². The van der Waals surface area contributed by atoms with Gasteiger partial charge in [-0.15, -0.1) is 0 Å². The Morgan fingerprint density at radius 2 is 1.77 bits per heavy atom. The molecular weight excluding hydrogens is 284 g/mol. The van der Waals surface area contributed by atoms with E-state index in [1.165, 1.54) is 4.90 Å². The molecule has 3 N–H and O–H groups in total. The van der Waals surface area contributed by atoms with Crippen LogP contribution in [0.25, 0.3) is 0 Å². The molecule has 22 heavy (non-hydrogen) atoms. The molecule has 0 radical (unpaired) electrons. The van der Waals surface area contributed by atoms with Crippen LogP contribution in [0, 0.1) is 0 Å². The summed E-state index contributed by atoms with van der Waals surface area (Å²) in [6.45, 7) is 0.912. The zero-order chi connectivity index (χ0) is 16.1. The van der Waals surface area contributed by atoms with Gasteiger partial charge in [0.1, 0.15) is 0 Å². The zero-order valence-corrected chi connectivity index (χ0v) is 12.9. The predicted molar refractivity (Wildman–Crippen MR) is 85.5 cm³/mol. The maximum Gasteiger partial charge on any atom is 0.407 e. The number of hydrogen-bond donors (Lipinski definition) is 3. The Balaban J connectivity index is 1.80. The number of carboxylic acid groups (broad SMARTS) is 1. The highest BCUT2D eigenvalue weighted by molar-refractivity contribution is 5.89. The monoisotopic (exact) mass is 306 g/mol. The van der Waals surface area contributed by atoms with Gasteiger partial charge < -0.3 is 25.5 Å². The summed E-state index contributed by atoms with van der Waals surface area (Å²) in [5.41, 5.74) is 1.79. The highest BCUT2D eigenvalue weighted by Crippen LogP contribution is 2.16. The van der Waals surface area contributed by atoms with Crippen molar-refractivity contribution in [3.8, 4) is 0 Å². The SMILES string of the molecule is CN(C)c1ccc(NC(=O)NC2CCN(C(=O)O)CC2)cc1. The molecule has 0 spiro atoms. The molecule has 1 fully saturated rings. The Hall–Kier alpha value is -2.44. The number of anilines is 2. The third-order valence-corrected chi connectivity index (χ3v) is 3.74. The first-order valence-corrected chi connectivity index (χ1v) is 7.28. The first-order chi connectivity index (χ1) is 10.5. The number of amides is 3. The van der Waals surface area contributed by atoms with E-state index in [1.54, 1.807) is 0 Å². The normalized spacial score (nSPS) is 15.3. The van der Waals surface area contributed by atoms with Gasteiger partial charge in [-0.3, -0.25) is 0 Å². The summed E-state index contributed by atoms with van der Waals surface area (Å²) >= 11 is 0. The van der Waals surface area contributed by atoms with Crippen LogP contribution in [0.1, 0.15) is 12.8 Å². The van der Waals surface area contributed by atoms with Gasteiger partial charge in [-0.2, -0.15) is 0 Å². The highest BCUT2D eigenvalue weighted by atomic mass is 16.4. The molecule has 1 aliphatic rings. The van der Waals surface area contributed by atoms with Crippen molar-refractivity contribution in [2.24, 2.45) is 0 Å². The van der Waals surface area contributed by atoms with Gasteiger partial charge in [0.25, 0.3) is 0 Å². The fourth-order valence-electron chi connectivity index (χ4n) is 2.41. The van der Waals surface area contributed by atoms with Gasteiger partial charge in [0.15, 0.2) is 0 Å². The summed E-state index contributed by atoms with van der Waals surface area (Å²) in [5.74, 6) is 0. The Kier molecular flexibility index (Phi) is 5.08. The Morgan fingerprint density at radius 1 is 1.18 bits per heavy atom. The van der Waals surface area contributed by atoms with Gasteiger partial charge in [-0.1, -0.05) is 0 Å². The lowest BCUT2D eigenvalue weighted by molar-refractivity contribution is 0.130. The topological polar surface area (TPSA) is 84.9 Å². The molecule has 0 unspecified atom stereocenters. The molecule has 1 saturated heterocycles. The smallest absolute Gasteiger partial charge is 0.407 e. The van der Waals surface area contributed by atoms with Crippen LogP contribution in [0.5, 0.6) is 0 Å². The van der Waals surface area contributed by atoms with Crippen molar-refractivity contribution in [3.63, 3.8) is 0 Å². The molecule has 0 bridgehead atoms. The number of hydrogen-bond acceptors (Lipinski definition) is 3. The quantitative estimate of drug-likeness (QED) is 0.797. The van der Waals surface area contributed by atoms with Crippen molar-refractivity contribution in [2.75, 3.05) is 37.4 Å². The minimum absolute atomic E-state index is 0.0108. The van der Waals surface area contributed by atoms with Crippen LogP contribution in [0.15, 0.2) is 24.3 Å².